The average Bonchev–Trinajstić information content (AvgIpc) is 3.67. The van der Waals surface area contributed by atoms with Crippen molar-refractivity contribution in [1.29, 1.82) is 0 Å². The molecule has 0 aromatic rings. The second kappa shape index (κ2) is 53.8. The minimum absolute atomic E-state index is 0.0452. The van der Waals surface area contributed by atoms with Gasteiger partial charge < -0.3 is 64.2 Å². The Balaban J connectivity index is 1.69. The molecule has 0 bridgehead atoms. The van der Waals surface area contributed by atoms with Crippen molar-refractivity contribution in [3.05, 3.63) is 122 Å². The zero-order chi connectivity index (χ0) is 60.1. The van der Waals surface area contributed by atoms with Gasteiger partial charge in [-0.25, -0.2) is 0 Å². The summed E-state index contributed by atoms with van der Waals surface area (Å²) >= 11 is 0. The van der Waals surface area contributed by atoms with Crippen LogP contribution in [0, 0.1) is 0 Å². The number of carbonyl (C=O) groups excluding carboxylic acids is 1. The maximum Gasteiger partial charge on any atom is 0.306 e. The Bertz CT molecular complexity index is 1830. The number of aliphatic hydroxyl groups excluding tert-OH is 7. The van der Waals surface area contributed by atoms with E-state index in [-0.39, 0.29) is 25.6 Å². The van der Waals surface area contributed by atoms with Gasteiger partial charge in [0.25, 0.3) is 0 Å². The monoisotopic (exact) mass is 1170 g/mol. The van der Waals surface area contributed by atoms with Crippen LogP contribution in [-0.2, 0) is 33.2 Å². The molecular formula is C69H114O14. The zero-order valence-corrected chi connectivity index (χ0v) is 51.1. The number of aliphatic hydroxyl groups is 7. The lowest BCUT2D eigenvalue weighted by molar-refractivity contribution is -0.332. The van der Waals surface area contributed by atoms with E-state index in [1.807, 2.05) is 0 Å². The summed E-state index contributed by atoms with van der Waals surface area (Å²) in [5.74, 6) is -0.390. The van der Waals surface area contributed by atoms with E-state index < -0.39 is 80.7 Å². The van der Waals surface area contributed by atoms with Crippen LogP contribution in [0.2, 0.25) is 0 Å². The average molecular weight is 1170 g/mol. The van der Waals surface area contributed by atoms with E-state index in [0.717, 1.165) is 116 Å². The highest BCUT2D eigenvalue weighted by Gasteiger charge is 2.47. The van der Waals surface area contributed by atoms with Crippen molar-refractivity contribution >= 4 is 5.97 Å². The summed E-state index contributed by atoms with van der Waals surface area (Å²) in [6.45, 7) is 3.43. The van der Waals surface area contributed by atoms with Crippen molar-refractivity contribution in [1.82, 2.24) is 0 Å². The third-order valence-electron chi connectivity index (χ3n) is 14.5. The van der Waals surface area contributed by atoms with Gasteiger partial charge in [-0.2, -0.15) is 0 Å². The maximum atomic E-state index is 13.1. The number of carbonyl (C=O) groups is 1. The summed E-state index contributed by atoms with van der Waals surface area (Å²) in [4.78, 5) is 13.1. The number of allylic oxidation sites excluding steroid dienone is 20. The number of unbranched alkanes of at least 4 members (excludes halogenated alkanes) is 17. The van der Waals surface area contributed by atoms with E-state index in [4.69, 9.17) is 28.4 Å². The molecule has 14 heteroatoms. The highest BCUT2D eigenvalue weighted by Crippen LogP contribution is 2.27. The third kappa shape index (κ3) is 39.7. The summed E-state index contributed by atoms with van der Waals surface area (Å²) in [6.07, 6.45) is 59.6. The lowest BCUT2D eigenvalue weighted by Gasteiger charge is -2.42. The minimum Gasteiger partial charge on any atom is -0.457 e. The fraction of sp³-hybridized carbons (Fsp3) is 0.696. The summed E-state index contributed by atoms with van der Waals surface area (Å²) < 4.78 is 34.5. The Labute approximate surface area is 501 Å². The fourth-order valence-electron chi connectivity index (χ4n) is 9.40. The van der Waals surface area contributed by atoms with E-state index in [1.54, 1.807) is 0 Å². The van der Waals surface area contributed by atoms with E-state index in [0.29, 0.717) is 13.0 Å². The molecule has 0 spiro atoms. The van der Waals surface area contributed by atoms with Crippen molar-refractivity contribution in [2.75, 3.05) is 33.0 Å². The Kier molecular flexibility index (Phi) is 49.0. The second-order valence-corrected chi connectivity index (χ2v) is 21.8. The molecule has 2 heterocycles. The predicted molar refractivity (Wildman–Crippen MR) is 334 cm³/mol. The molecule has 7 N–H and O–H groups in total. The van der Waals surface area contributed by atoms with Gasteiger partial charge in [0.15, 0.2) is 12.6 Å². The molecule has 474 valence electrons. The molecule has 0 aromatic carbocycles. The summed E-state index contributed by atoms with van der Waals surface area (Å²) in [7, 11) is 0. The van der Waals surface area contributed by atoms with Crippen molar-refractivity contribution in [3.8, 4) is 0 Å². The Morgan fingerprint density at radius 2 is 0.747 bits per heavy atom. The van der Waals surface area contributed by atoms with Crippen LogP contribution in [0.1, 0.15) is 206 Å². The minimum atomic E-state index is -1.72. The standard InChI is InChI=1S/C69H114O14/c1-3-5-7-9-11-13-15-17-19-21-23-25-27-29-30-32-34-36-38-40-42-44-46-48-50-52-61(71)81-58(56-79-68-67(77)65(75)63(73)60(83-68)57-80-69-66(76)64(74)62(72)59(54-70)82-69)55-78-53-51-49-47-45-43-41-39-37-35-33-31-28-26-24-22-20-18-16-14-12-10-8-6-4-2/h5-8,11-14,17-20,23-26,29-31,33,58-60,62-70,72-77H,3-4,9-10,15-16,21-22,27-28,32,34-57H2,1-2H3/b7-5-,8-6-,13-11-,14-12-,19-17-,20-18-,25-23-,26-24-,30-29-,33-31-. The molecule has 0 aliphatic carbocycles. The predicted octanol–water partition coefficient (Wildman–Crippen LogP) is 12.9. The number of hydrogen-bond donors (Lipinski definition) is 7. The van der Waals surface area contributed by atoms with Crippen LogP contribution < -0.4 is 0 Å². The zero-order valence-electron chi connectivity index (χ0n) is 51.1. The SMILES string of the molecule is CC/C=C\C/C=C\C/C=C\C/C=C\C/C=C\CCCCCCCCCCCC(=O)OC(COCCCCCCCCCC/C=C\C/C=C\C/C=C\C/C=C\C/C=C\CC)COC1OC(COC2OC(CO)C(O)C(O)C2O)C(O)C(O)C1O. The van der Waals surface area contributed by atoms with Crippen molar-refractivity contribution < 1.29 is 69.0 Å². The Morgan fingerprint density at radius 1 is 0.398 bits per heavy atom. The number of hydrogen-bond acceptors (Lipinski definition) is 14. The van der Waals surface area contributed by atoms with Crippen LogP contribution in [0.3, 0.4) is 0 Å². The molecule has 2 saturated heterocycles. The fourth-order valence-corrected chi connectivity index (χ4v) is 9.40. The van der Waals surface area contributed by atoms with Crippen LogP contribution in [0.4, 0.5) is 0 Å². The topological polar surface area (TPSA) is 214 Å². The van der Waals surface area contributed by atoms with Gasteiger partial charge in [-0.3, -0.25) is 4.79 Å². The first kappa shape index (κ1) is 75.5. The van der Waals surface area contributed by atoms with Crippen molar-refractivity contribution in [2.24, 2.45) is 0 Å². The molecule has 83 heavy (non-hydrogen) atoms. The second-order valence-electron chi connectivity index (χ2n) is 21.8. The van der Waals surface area contributed by atoms with E-state index in [2.05, 4.69) is 135 Å². The van der Waals surface area contributed by atoms with Gasteiger partial charge in [-0.15, -0.1) is 0 Å². The maximum absolute atomic E-state index is 13.1. The first-order valence-electron chi connectivity index (χ1n) is 32.1. The molecule has 2 rings (SSSR count). The Morgan fingerprint density at radius 3 is 1.17 bits per heavy atom. The molecule has 14 nitrogen and oxygen atoms in total. The largest absolute Gasteiger partial charge is 0.457 e. The van der Waals surface area contributed by atoms with E-state index >= 15 is 0 Å². The molecule has 0 radical (unpaired) electrons. The first-order chi connectivity index (χ1) is 40.6. The van der Waals surface area contributed by atoms with Gasteiger partial charge in [0.2, 0.25) is 0 Å². The smallest absolute Gasteiger partial charge is 0.306 e. The number of rotatable bonds is 51. The first-order valence-corrected chi connectivity index (χ1v) is 32.1. The Hall–Kier alpha value is -3.61. The van der Waals surface area contributed by atoms with Crippen LogP contribution >= 0.6 is 0 Å². The third-order valence-corrected chi connectivity index (χ3v) is 14.5. The summed E-state index contributed by atoms with van der Waals surface area (Å²) in [5.41, 5.74) is 0. The van der Waals surface area contributed by atoms with Gasteiger partial charge in [0, 0.05) is 13.0 Å². The van der Waals surface area contributed by atoms with Gasteiger partial charge in [-0.1, -0.05) is 219 Å². The van der Waals surface area contributed by atoms with Gasteiger partial charge in [-0.05, 0) is 103 Å². The van der Waals surface area contributed by atoms with Gasteiger partial charge in [0.1, 0.15) is 54.9 Å². The van der Waals surface area contributed by atoms with Crippen LogP contribution in [0.5, 0.6) is 0 Å². The molecule has 0 saturated carbocycles. The van der Waals surface area contributed by atoms with Gasteiger partial charge in [0.05, 0.1) is 26.4 Å². The summed E-state index contributed by atoms with van der Waals surface area (Å²) in [6, 6.07) is 0. The van der Waals surface area contributed by atoms with E-state index in [9.17, 15) is 40.5 Å². The molecule has 11 atom stereocenters. The molecule has 11 unspecified atom stereocenters. The number of esters is 1. The highest BCUT2D eigenvalue weighted by molar-refractivity contribution is 5.69. The van der Waals surface area contributed by atoms with Crippen molar-refractivity contribution in [3.63, 3.8) is 0 Å². The molecule has 0 aromatic heterocycles. The molecule has 2 fully saturated rings. The van der Waals surface area contributed by atoms with Gasteiger partial charge >= 0.3 is 5.97 Å². The van der Waals surface area contributed by atoms with Crippen LogP contribution in [0.25, 0.3) is 0 Å². The van der Waals surface area contributed by atoms with Crippen molar-refractivity contribution in [2.45, 2.75) is 274 Å². The molecular weight excluding hydrogens is 1050 g/mol. The quantitative estimate of drug-likeness (QED) is 0.0172. The highest BCUT2D eigenvalue weighted by atomic mass is 16.7. The molecule has 2 aliphatic rings. The number of ether oxygens (including phenoxy) is 6. The van der Waals surface area contributed by atoms with Crippen LogP contribution in [0.15, 0.2) is 122 Å². The summed E-state index contributed by atoms with van der Waals surface area (Å²) in [5, 5.41) is 72.5. The molecule has 0 amide bonds. The van der Waals surface area contributed by atoms with Crippen LogP contribution in [-0.4, -0.2) is 142 Å². The normalized spacial score (nSPS) is 24.3. The lowest BCUT2D eigenvalue weighted by Crippen LogP contribution is -2.61. The van der Waals surface area contributed by atoms with E-state index in [1.165, 1.54) is 64.2 Å². The molecule has 2 aliphatic heterocycles. The lowest BCUT2D eigenvalue weighted by atomic mass is 9.98.